The van der Waals surface area contributed by atoms with Crippen LogP contribution in [0.4, 0.5) is 8.78 Å². The first kappa shape index (κ1) is 16.1. The molecular weight excluding hydrogens is 366 g/mol. The molecule has 112 valence electrons. The van der Waals surface area contributed by atoms with E-state index in [1.807, 2.05) is 0 Å². The maximum atomic E-state index is 14.3. The Morgan fingerprint density at radius 1 is 1.00 bits per heavy atom. The Balaban J connectivity index is 2.49. The fourth-order valence-electron chi connectivity index (χ4n) is 1.78. The molecule has 0 aliphatic rings. The van der Waals surface area contributed by atoms with E-state index in [4.69, 9.17) is 0 Å². The first-order valence-corrected chi connectivity index (χ1v) is 8.16. The summed E-state index contributed by atoms with van der Waals surface area (Å²) in [5.74, 6) is 0. The van der Waals surface area contributed by atoms with Crippen LogP contribution in [0.3, 0.4) is 0 Å². The fraction of sp³-hybridized carbons (Fsp3) is 0.143. The lowest BCUT2D eigenvalue weighted by molar-refractivity contribution is -0.0438. The second-order valence-corrected chi connectivity index (χ2v) is 7.18. The van der Waals surface area contributed by atoms with E-state index in [1.54, 1.807) is 6.07 Å². The molecule has 3 nitrogen and oxygen atoms in total. The van der Waals surface area contributed by atoms with E-state index in [1.165, 1.54) is 36.4 Å². The second kappa shape index (κ2) is 5.82. The molecule has 0 spiro atoms. The number of alkyl halides is 2. The van der Waals surface area contributed by atoms with Crippen LogP contribution in [0, 0.1) is 0 Å². The van der Waals surface area contributed by atoms with Crippen molar-refractivity contribution in [1.29, 1.82) is 0 Å². The maximum Gasteiger partial charge on any atom is 0.379 e. The SMILES string of the molecule is O=S(=O)(c1ccccc1)C(F)(F)C(O)c1ccccc1Br. The Bertz CT molecular complexity index is 733. The van der Waals surface area contributed by atoms with Crippen LogP contribution in [0.5, 0.6) is 0 Å². The zero-order chi connectivity index (χ0) is 15.7. The lowest BCUT2D eigenvalue weighted by atomic mass is 10.1. The number of aliphatic hydroxyl groups is 1. The molecule has 1 N–H and O–H groups in total. The average molecular weight is 377 g/mol. The molecule has 7 heteroatoms. The summed E-state index contributed by atoms with van der Waals surface area (Å²) in [6.45, 7) is 0. The number of sulfone groups is 1. The Morgan fingerprint density at radius 3 is 2.10 bits per heavy atom. The standard InChI is InChI=1S/C14H11BrF2O3S/c15-12-9-5-4-8-11(12)13(18)14(16,17)21(19,20)10-6-2-1-3-7-10/h1-9,13,18H. The highest BCUT2D eigenvalue weighted by atomic mass is 79.9. The maximum absolute atomic E-state index is 14.3. The molecule has 2 aromatic carbocycles. The van der Waals surface area contributed by atoms with Gasteiger partial charge in [-0.25, -0.2) is 8.42 Å². The number of hydrogen-bond acceptors (Lipinski definition) is 3. The fourth-order valence-corrected chi connectivity index (χ4v) is 3.53. The molecule has 0 radical (unpaired) electrons. The smallest absolute Gasteiger partial charge is 0.379 e. The molecular formula is C14H11BrF2O3S. The second-order valence-electron chi connectivity index (χ2n) is 4.30. The molecule has 0 aliphatic heterocycles. The van der Waals surface area contributed by atoms with Gasteiger partial charge in [-0.2, -0.15) is 8.78 Å². The van der Waals surface area contributed by atoms with Gasteiger partial charge < -0.3 is 5.11 Å². The van der Waals surface area contributed by atoms with Gasteiger partial charge in [0.2, 0.25) is 9.84 Å². The molecule has 0 fully saturated rings. The van der Waals surface area contributed by atoms with E-state index in [-0.39, 0.29) is 10.0 Å². The topological polar surface area (TPSA) is 54.4 Å². The highest BCUT2D eigenvalue weighted by Crippen LogP contribution is 2.41. The normalized spacial score (nSPS) is 13.9. The summed E-state index contributed by atoms with van der Waals surface area (Å²) in [6.07, 6.45) is -2.47. The Morgan fingerprint density at radius 2 is 1.52 bits per heavy atom. The first-order chi connectivity index (χ1) is 9.78. The molecule has 0 amide bonds. The molecule has 1 atom stereocenters. The van der Waals surface area contributed by atoms with Crippen LogP contribution in [-0.4, -0.2) is 18.8 Å². The van der Waals surface area contributed by atoms with Gasteiger partial charge in [0.15, 0.2) is 6.10 Å². The Kier molecular flexibility index (Phi) is 4.46. The third kappa shape index (κ3) is 2.86. The minimum atomic E-state index is -5.01. The van der Waals surface area contributed by atoms with Crippen molar-refractivity contribution >= 4 is 25.8 Å². The number of aliphatic hydroxyl groups excluding tert-OH is 1. The predicted octanol–water partition coefficient (Wildman–Crippen LogP) is 3.55. The van der Waals surface area contributed by atoms with Gasteiger partial charge in [-0.1, -0.05) is 52.3 Å². The van der Waals surface area contributed by atoms with Crippen LogP contribution in [0.2, 0.25) is 0 Å². The third-order valence-electron chi connectivity index (χ3n) is 2.93. The monoisotopic (exact) mass is 376 g/mol. The van der Waals surface area contributed by atoms with Gasteiger partial charge in [0.25, 0.3) is 0 Å². The molecule has 0 heterocycles. The van der Waals surface area contributed by atoms with Crippen molar-refractivity contribution in [2.45, 2.75) is 16.3 Å². The molecule has 21 heavy (non-hydrogen) atoms. The summed E-state index contributed by atoms with van der Waals surface area (Å²) in [5, 5.41) is 5.52. The van der Waals surface area contributed by atoms with Crippen molar-refractivity contribution in [2.75, 3.05) is 0 Å². The van der Waals surface area contributed by atoms with Crippen LogP contribution in [-0.2, 0) is 9.84 Å². The van der Waals surface area contributed by atoms with E-state index in [0.29, 0.717) is 0 Å². The quantitative estimate of drug-likeness (QED) is 0.887. The minimum Gasteiger partial charge on any atom is -0.381 e. The van der Waals surface area contributed by atoms with E-state index >= 15 is 0 Å². The van der Waals surface area contributed by atoms with Crippen LogP contribution in [0.25, 0.3) is 0 Å². The van der Waals surface area contributed by atoms with Crippen LogP contribution >= 0.6 is 15.9 Å². The number of benzene rings is 2. The molecule has 1 unspecified atom stereocenters. The van der Waals surface area contributed by atoms with Gasteiger partial charge in [0.05, 0.1) is 4.90 Å². The van der Waals surface area contributed by atoms with E-state index in [9.17, 15) is 22.3 Å². The number of hydrogen-bond donors (Lipinski definition) is 1. The van der Waals surface area contributed by atoms with Crippen molar-refractivity contribution in [3.05, 3.63) is 64.6 Å². The van der Waals surface area contributed by atoms with Gasteiger partial charge in [-0.15, -0.1) is 0 Å². The summed E-state index contributed by atoms with van der Waals surface area (Å²) in [6, 6.07) is 12.0. The molecule has 0 saturated carbocycles. The zero-order valence-electron chi connectivity index (χ0n) is 10.6. The summed E-state index contributed by atoms with van der Waals surface area (Å²) in [7, 11) is -5.01. The summed E-state index contributed by atoms with van der Waals surface area (Å²) >= 11 is 3.02. The zero-order valence-corrected chi connectivity index (χ0v) is 13.0. The summed E-state index contributed by atoms with van der Waals surface area (Å²) in [5.41, 5.74) is -0.193. The minimum absolute atomic E-state index is 0.193. The molecule has 0 saturated heterocycles. The van der Waals surface area contributed by atoms with Crippen LogP contribution < -0.4 is 0 Å². The molecule has 0 bridgehead atoms. The highest BCUT2D eigenvalue weighted by Gasteiger charge is 2.53. The number of rotatable bonds is 4. The molecule has 0 aromatic heterocycles. The van der Waals surface area contributed by atoms with Crippen molar-refractivity contribution in [2.24, 2.45) is 0 Å². The molecule has 2 aromatic rings. The number of halogens is 3. The first-order valence-electron chi connectivity index (χ1n) is 5.88. The Labute approximate surface area is 129 Å². The van der Waals surface area contributed by atoms with Gasteiger partial charge >= 0.3 is 5.25 Å². The van der Waals surface area contributed by atoms with E-state index < -0.39 is 26.1 Å². The average Bonchev–Trinajstić information content (AvgIpc) is 2.47. The molecule has 2 rings (SSSR count). The summed E-state index contributed by atoms with van der Waals surface area (Å²) < 4.78 is 52.9. The van der Waals surface area contributed by atoms with Crippen molar-refractivity contribution in [3.63, 3.8) is 0 Å². The third-order valence-corrected chi connectivity index (χ3v) is 5.48. The van der Waals surface area contributed by atoms with Gasteiger partial charge in [0.1, 0.15) is 0 Å². The van der Waals surface area contributed by atoms with Crippen molar-refractivity contribution < 1.29 is 22.3 Å². The van der Waals surface area contributed by atoms with Crippen molar-refractivity contribution in [1.82, 2.24) is 0 Å². The van der Waals surface area contributed by atoms with Gasteiger partial charge in [-0.05, 0) is 18.2 Å². The van der Waals surface area contributed by atoms with E-state index in [0.717, 1.165) is 12.1 Å². The van der Waals surface area contributed by atoms with E-state index in [2.05, 4.69) is 15.9 Å². The molecule has 0 aliphatic carbocycles. The predicted molar refractivity (Wildman–Crippen MR) is 77.7 cm³/mol. The van der Waals surface area contributed by atoms with Crippen molar-refractivity contribution in [3.8, 4) is 0 Å². The van der Waals surface area contributed by atoms with Crippen LogP contribution in [0.15, 0.2) is 64.0 Å². The lowest BCUT2D eigenvalue weighted by Gasteiger charge is -2.23. The Hall–Kier alpha value is -1.31. The van der Waals surface area contributed by atoms with Gasteiger partial charge in [0, 0.05) is 10.0 Å². The largest absolute Gasteiger partial charge is 0.381 e. The summed E-state index contributed by atoms with van der Waals surface area (Å²) in [4.78, 5) is -0.541. The lowest BCUT2D eigenvalue weighted by Crippen LogP contribution is -2.36. The van der Waals surface area contributed by atoms with Crippen LogP contribution in [0.1, 0.15) is 11.7 Å². The van der Waals surface area contributed by atoms with Gasteiger partial charge in [-0.3, -0.25) is 0 Å². The highest BCUT2D eigenvalue weighted by molar-refractivity contribution is 9.10.